The van der Waals surface area contributed by atoms with E-state index in [9.17, 15) is 9.59 Å². The maximum absolute atomic E-state index is 13.0. The second-order valence-corrected chi connectivity index (χ2v) is 9.56. The number of benzene rings is 2. The predicted octanol–water partition coefficient (Wildman–Crippen LogP) is 6.19. The summed E-state index contributed by atoms with van der Waals surface area (Å²) >= 11 is 0. The van der Waals surface area contributed by atoms with E-state index in [2.05, 4.69) is 36.4 Å². The monoisotopic (exact) mass is 515 g/mol. The molecule has 4 aromatic rings. The maximum atomic E-state index is 13.0. The van der Waals surface area contributed by atoms with Crippen LogP contribution in [0.4, 0.5) is 5.69 Å². The van der Waals surface area contributed by atoms with E-state index in [1.54, 1.807) is 28.9 Å². The van der Waals surface area contributed by atoms with Crippen LogP contribution in [-0.2, 0) is 17.9 Å². The molecule has 1 N–H and O–H groups in total. The second kappa shape index (κ2) is 11.4. The molecule has 2 aromatic carbocycles. The van der Waals surface area contributed by atoms with Crippen molar-refractivity contribution in [1.82, 2.24) is 9.78 Å². The molecule has 38 heavy (non-hydrogen) atoms. The number of nitrogens with one attached hydrogen (secondary N) is 1. The largest absolute Gasteiger partial charge is 0.485 e. The Morgan fingerprint density at radius 1 is 1.05 bits per heavy atom. The molecule has 0 unspecified atom stereocenters. The first-order valence-corrected chi connectivity index (χ1v) is 12.5. The number of hydrogen-bond acceptors (Lipinski definition) is 6. The Bertz CT molecular complexity index is 1460. The van der Waals surface area contributed by atoms with Crippen LogP contribution in [0.3, 0.4) is 0 Å². The summed E-state index contributed by atoms with van der Waals surface area (Å²) < 4.78 is 18.5. The Kier molecular flexibility index (Phi) is 8.00. The highest BCUT2D eigenvalue weighted by atomic mass is 16.5. The third-order valence-corrected chi connectivity index (χ3v) is 6.41. The van der Waals surface area contributed by atoms with Crippen LogP contribution in [0, 0.1) is 20.8 Å². The molecule has 8 nitrogen and oxygen atoms in total. The molecular weight excluding hydrogens is 482 g/mol. The molecule has 0 bridgehead atoms. The summed E-state index contributed by atoms with van der Waals surface area (Å²) in [5, 5.41) is 7.50. The number of rotatable bonds is 9. The molecule has 0 saturated carbocycles. The highest BCUT2D eigenvalue weighted by Gasteiger charge is 2.20. The molecule has 0 aliphatic carbocycles. The third kappa shape index (κ3) is 5.80. The normalized spacial score (nSPS) is 11.0. The van der Waals surface area contributed by atoms with Gasteiger partial charge in [-0.05, 0) is 67.6 Å². The van der Waals surface area contributed by atoms with E-state index < -0.39 is 5.97 Å². The second-order valence-electron chi connectivity index (χ2n) is 9.56. The molecule has 0 aliphatic rings. The van der Waals surface area contributed by atoms with Crippen LogP contribution in [0.2, 0.25) is 0 Å². The summed E-state index contributed by atoms with van der Waals surface area (Å²) in [7, 11) is 1.35. The molecule has 4 rings (SSSR count). The zero-order valence-electron chi connectivity index (χ0n) is 22.6. The molecule has 0 saturated heterocycles. The lowest BCUT2D eigenvalue weighted by molar-refractivity contribution is 0.0599. The molecule has 0 radical (unpaired) electrons. The van der Waals surface area contributed by atoms with Gasteiger partial charge in [0.15, 0.2) is 5.76 Å². The highest BCUT2D eigenvalue weighted by Crippen LogP contribution is 2.28. The van der Waals surface area contributed by atoms with Gasteiger partial charge >= 0.3 is 5.97 Å². The zero-order chi connectivity index (χ0) is 27.4. The minimum absolute atomic E-state index is 0.180. The van der Waals surface area contributed by atoms with E-state index in [4.69, 9.17) is 13.9 Å². The number of anilines is 1. The SMILES string of the molecule is COC(=O)c1ccccc1Cn1nc(C)c(NC(=O)c2ccc(COc3cc(C)ccc3C(C)C)o2)c1C. The van der Waals surface area contributed by atoms with Crippen molar-refractivity contribution in [3.63, 3.8) is 0 Å². The summed E-state index contributed by atoms with van der Waals surface area (Å²) in [6, 6.07) is 16.8. The van der Waals surface area contributed by atoms with Crippen LogP contribution in [-0.4, -0.2) is 28.8 Å². The van der Waals surface area contributed by atoms with E-state index in [0.717, 1.165) is 28.1 Å². The zero-order valence-corrected chi connectivity index (χ0v) is 22.6. The van der Waals surface area contributed by atoms with Crippen molar-refractivity contribution in [1.29, 1.82) is 0 Å². The van der Waals surface area contributed by atoms with Gasteiger partial charge in [-0.3, -0.25) is 9.48 Å². The van der Waals surface area contributed by atoms with Gasteiger partial charge in [0, 0.05) is 0 Å². The molecule has 2 aromatic heterocycles. The number of hydrogen-bond donors (Lipinski definition) is 1. The third-order valence-electron chi connectivity index (χ3n) is 6.41. The lowest BCUT2D eigenvalue weighted by atomic mass is 10.0. The Labute approximate surface area is 222 Å². The summed E-state index contributed by atoms with van der Waals surface area (Å²) in [5.41, 5.74) is 5.49. The number of furan rings is 1. The van der Waals surface area contributed by atoms with Crippen LogP contribution < -0.4 is 10.1 Å². The van der Waals surface area contributed by atoms with Gasteiger partial charge in [0.1, 0.15) is 18.1 Å². The van der Waals surface area contributed by atoms with Gasteiger partial charge in [0.05, 0.1) is 36.3 Å². The Morgan fingerprint density at radius 2 is 1.82 bits per heavy atom. The minimum Gasteiger partial charge on any atom is -0.485 e. The van der Waals surface area contributed by atoms with Crippen LogP contribution in [0.25, 0.3) is 0 Å². The predicted molar refractivity (Wildman–Crippen MR) is 145 cm³/mol. The first kappa shape index (κ1) is 26.7. The fraction of sp³-hybridized carbons (Fsp3) is 0.300. The summed E-state index contributed by atoms with van der Waals surface area (Å²) in [4.78, 5) is 25.1. The first-order chi connectivity index (χ1) is 18.2. The van der Waals surface area contributed by atoms with Gasteiger partial charge in [0.25, 0.3) is 5.91 Å². The molecule has 1 amide bonds. The van der Waals surface area contributed by atoms with Crippen molar-refractivity contribution in [2.45, 2.75) is 53.7 Å². The van der Waals surface area contributed by atoms with Gasteiger partial charge in [-0.15, -0.1) is 0 Å². The van der Waals surface area contributed by atoms with Crippen molar-refractivity contribution in [2.75, 3.05) is 12.4 Å². The quantitative estimate of drug-likeness (QED) is 0.267. The molecular formula is C30H33N3O5. The van der Waals surface area contributed by atoms with E-state index in [1.165, 1.54) is 7.11 Å². The van der Waals surface area contributed by atoms with Crippen molar-refractivity contribution in [3.8, 4) is 5.75 Å². The molecule has 0 spiro atoms. The van der Waals surface area contributed by atoms with Crippen molar-refractivity contribution >= 4 is 17.6 Å². The van der Waals surface area contributed by atoms with Crippen molar-refractivity contribution < 1.29 is 23.5 Å². The topological polar surface area (TPSA) is 95.6 Å². The standard InChI is InChI=1S/C30H33N3O5/c1-18(2)24-13-11-19(3)15-27(24)37-17-23-12-14-26(38-23)29(34)31-28-20(4)32-33(21(28)5)16-22-9-7-8-10-25(22)30(35)36-6/h7-15,18H,16-17H2,1-6H3,(H,31,34). The van der Waals surface area contributed by atoms with Crippen LogP contribution in [0.1, 0.15) is 74.5 Å². The van der Waals surface area contributed by atoms with Crippen LogP contribution >= 0.6 is 0 Å². The molecule has 0 aliphatic heterocycles. The number of carbonyl (C=O) groups excluding carboxylic acids is 2. The van der Waals surface area contributed by atoms with E-state index >= 15 is 0 Å². The Morgan fingerprint density at radius 3 is 2.55 bits per heavy atom. The molecule has 0 fully saturated rings. The summed E-state index contributed by atoms with van der Waals surface area (Å²) in [6.45, 7) is 10.5. The summed E-state index contributed by atoms with van der Waals surface area (Å²) in [6.07, 6.45) is 0. The molecule has 8 heteroatoms. The highest BCUT2D eigenvalue weighted by molar-refractivity contribution is 6.03. The van der Waals surface area contributed by atoms with Crippen LogP contribution in [0.15, 0.2) is 59.0 Å². The van der Waals surface area contributed by atoms with E-state index in [1.807, 2.05) is 39.0 Å². The summed E-state index contributed by atoms with van der Waals surface area (Å²) in [5.74, 6) is 1.08. The Hall–Kier alpha value is -4.33. The number of methoxy groups -OCH3 is 1. The first-order valence-electron chi connectivity index (χ1n) is 12.5. The number of amides is 1. The molecule has 198 valence electrons. The van der Waals surface area contributed by atoms with Crippen molar-refractivity contribution in [2.24, 2.45) is 0 Å². The fourth-order valence-electron chi connectivity index (χ4n) is 4.31. The van der Waals surface area contributed by atoms with E-state index in [0.29, 0.717) is 35.2 Å². The van der Waals surface area contributed by atoms with Gasteiger partial charge in [-0.1, -0.05) is 44.2 Å². The van der Waals surface area contributed by atoms with Gasteiger partial charge < -0.3 is 19.2 Å². The number of esters is 1. The number of carbonyl (C=O) groups is 2. The number of aryl methyl sites for hydroxylation is 2. The van der Waals surface area contributed by atoms with Gasteiger partial charge in [-0.25, -0.2) is 4.79 Å². The van der Waals surface area contributed by atoms with Gasteiger partial charge in [0.2, 0.25) is 0 Å². The lowest BCUT2D eigenvalue weighted by Gasteiger charge is -2.14. The lowest BCUT2D eigenvalue weighted by Crippen LogP contribution is -2.13. The molecule has 0 atom stereocenters. The minimum atomic E-state index is -0.406. The smallest absolute Gasteiger partial charge is 0.338 e. The van der Waals surface area contributed by atoms with Crippen LogP contribution in [0.5, 0.6) is 5.75 Å². The average molecular weight is 516 g/mol. The van der Waals surface area contributed by atoms with Crippen molar-refractivity contribution in [3.05, 3.63) is 99.8 Å². The fourth-order valence-corrected chi connectivity index (χ4v) is 4.31. The van der Waals surface area contributed by atoms with E-state index in [-0.39, 0.29) is 18.3 Å². The molecule has 2 heterocycles. The Balaban J connectivity index is 1.46. The average Bonchev–Trinajstić information content (AvgIpc) is 3.47. The number of aromatic nitrogens is 2. The maximum Gasteiger partial charge on any atom is 0.338 e. The van der Waals surface area contributed by atoms with Gasteiger partial charge in [-0.2, -0.15) is 5.10 Å². The number of ether oxygens (including phenoxy) is 2. The number of nitrogens with zero attached hydrogens (tertiary/aromatic N) is 2.